The van der Waals surface area contributed by atoms with Crippen LogP contribution in [0.2, 0.25) is 5.02 Å². The van der Waals surface area contributed by atoms with Gasteiger partial charge < -0.3 is 4.74 Å². The molecule has 0 fully saturated rings. The van der Waals surface area contributed by atoms with Gasteiger partial charge in [-0.05, 0) is 31.5 Å². The van der Waals surface area contributed by atoms with Gasteiger partial charge in [0.05, 0.1) is 18.6 Å². The summed E-state index contributed by atoms with van der Waals surface area (Å²) < 4.78 is 46.8. The first-order valence-corrected chi connectivity index (χ1v) is 9.46. The lowest BCUT2D eigenvalue weighted by Gasteiger charge is -2.08. The molecular weight excluding hydrogens is 407 g/mol. The fourth-order valence-electron chi connectivity index (χ4n) is 2.75. The summed E-state index contributed by atoms with van der Waals surface area (Å²) >= 11 is 5.84. The van der Waals surface area contributed by atoms with Crippen molar-refractivity contribution in [2.75, 3.05) is 6.61 Å². The summed E-state index contributed by atoms with van der Waals surface area (Å²) in [5.41, 5.74) is -0.00113. The zero-order chi connectivity index (χ0) is 21.8. The summed E-state index contributed by atoms with van der Waals surface area (Å²) in [6.45, 7) is 7.48. The number of esters is 1. The predicted molar refractivity (Wildman–Crippen MR) is 105 cm³/mol. The predicted octanol–water partition coefficient (Wildman–Crippen LogP) is 5.51. The standard InChI is InChI=1S/C18H15ClF3N3O2.C2H6/c1-3-27-14(26)8-12-9-23-17-15(11-4-6-13(19)7-5-11)16(18(20,21)22)24-25(17)10(12)2;1-2/h4-7,9H,3,8H2,1-2H3;1-2H3. The molecule has 0 aliphatic heterocycles. The number of nitrogens with zero attached hydrogens (tertiary/aromatic N) is 3. The third-order valence-electron chi connectivity index (χ3n) is 4.03. The van der Waals surface area contributed by atoms with E-state index in [1.165, 1.54) is 30.5 Å². The van der Waals surface area contributed by atoms with E-state index in [9.17, 15) is 18.0 Å². The maximum Gasteiger partial charge on any atom is 0.435 e. The maximum atomic E-state index is 13.6. The molecule has 0 amide bonds. The second-order valence-electron chi connectivity index (χ2n) is 5.81. The molecule has 0 saturated carbocycles. The summed E-state index contributed by atoms with van der Waals surface area (Å²) in [4.78, 5) is 15.9. The second kappa shape index (κ2) is 9.26. The van der Waals surface area contributed by atoms with Gasteiger partial charge in [0.15, 0.2) is 11.3 Å². The van der Waals surface area contributed by atoms with Crippen molar-refractivity contribution >= 4 is 23.2 Å². The summed E-state index contributed by atoms with van der Waals surface area (Å²) in [7, 11) is 0. The Balaban J connectivity index is 0.00000145. The van der Waals surface area contributed by atoms with Crippen LogP contribution in [0.15, 0.2) is 30.5 Å². The van der Waals surface area contributed by atoms with Crippen LogP contribution in [0.25, 0.3) is 16.8 Å². The molecule has 0 spiro atoms. The van der Waals surface area contributed by atoms with Crippen LogP contribution in [0.1, 0.15) is 37.7 Å². The minimum atomic E-state index is -4.67. The van der Waals surface area contributed by atoms with Crippen molar-refractivity contribution in [1.29, 1.82) is 0 Å². The molecule has 1 aromatic carbocycles. The van der Waals surface area contributed by atoms with Gasteiger partial charge in [-0.15, -0.1) is 0 Å². The average molecular weight is 428 g/mol. The Morgan fingerprint density at radius 3 is 2.38 bits per heavy atom. The van der Waals surface area contributed by atoms with Crippen LogP contribution in [0, 0.1) is 6.92 Å². The number of halogens is 4. The Morgan fingerprint density at radius 2 is 1.83 bits per heavy atom. The highest BCUT2D eigenvalue weighted by Gasteiger charge is 2.39. The summed E-state index contributed by atoms with van der Waals surface area (Å²) in [6.07, 6.45) is -3.39. The molecular formula is C20H21ClF3N3O2. The SMILES string of the molecule is CC.CCOC(=O)Cc1cnc2c(-c3ccc(Cl)cc3)c(C(F)(F)F)nn2c1C. The van der Waals surface area contributed by atoms with E-state index in [0.29, 0.717) is 21.8 Å². The van der Waals surface area contributed by atoms with Gasteiger partial charge in [0.2, 0.25) is 0 Å². The summed E-state index contributed by atoms with van der Waals surface area (Å²) in [5, 5.41) is 4.15. The molecule has 5 nitrogen and oxygen atoms in total. The molecule has 0 radical (unpaired) electrons. The number of hydrogen-bond donors (Lipinski definition) is 0. The molecule has 0 saturated heterocycles. The van der Waals surface area contributed by atoms with Crippen LogP contribution >= 0.6 is 11.6 Å². The van der Waals surface area contributed by atoms with E-state index < -0.39 is 17.8 Å². The lowest BCUT2D eigenvalue weighted by molar-refractivity contribution is -0.142. The molecule has 0 unspecified atom stereocenters. The summed E-state index contributed by atoms with van der Waals surface area (Å²) in [6, 6.07) is 5.97. The number of aromatic nitrogens is 3. The average Bonchev–Trinajstić information content (AvgIpc) is 3.07. The number of aryl methyl sites for hydroxylation is 1. The van der Waals surface area contributed by atoms with Gasteiger partial charge in [-0.1, -0.05) is 37.6 Å². The molecule has 2 heterocycles. The van der Waals surface area contributed by atoms with E-state index in [1.807, 2.05) is 13.8 Å². The molecule has 9 heteroatoms. The number of rotatable bonds is 4. The van der Waals surface area contributed by atoms with E-state index in [2.05, 4.69) is 10.1 Å². The Bertz CT molecular complexity index is 999. The van der Waals surface area contributed by atoms with Crippen LogP contribution in [-0.4, -0.2) is 27.2 Å². The van der Waals surface area contributed by atoms with Crippen molar-refractivity contribution < 1.29 is 22.7 Å². The van der Waals surface area contributed by atoms with Crippen LogP contribution in [0.3, 0.4) is 0 Å². The quantitative estimate of drug-likeness (QED) is 0.515. The van der Waals surface area contributed by atoms with Crippen molar-refractivity contribution in [2.45, 2.75) is 40.3 Å². The maximum absolute atomic E-state index is 13.6. The number of carbonyl (C=O) groups is 1. The van der Waals surface area contributed by atoms with Crippen LogP contribution in [-0.2, 0) is 22.1 Å². The van der Waals surface area contributed by atoms with E-state index in [0.717, 1.165) is 4.52 Å². The Labute approximate surface area is 171 Å². The van der Waals surface area contributed by atoms with E-state index >= 15 is 0 Å². The van der Waals surface area contributed by atoms with Crippen molar-refractivity contribution in [3.05, 3.63) is 52.4 Å². The molecule has 0 aliphatic carbocycles. The van der Waals surface area contributed by atoms with E-state index in [4.69, 9.17) is 16.3 Å². The first kappa shape index (κ1) is 22.7. The van der Waals surface area contributed by atoms with Gasteiger partial charge in [-0.2, -0.15) is 18.3 Å². The van der Waals surface area contributed by atoms with Crippen molar-refractivity contribution in [3.63, 3.8) is 0 Å². The third-order valence-corrected chi connectivity index (χ3v) is 4.28. The van der Waals surface area contributed by atoms with E-state index in [1.54, 1.807) is 13.8 Å². The molecule has 3 rings (SSSR count). The Hall–Kier alpha value is -2.61. The first-order valence-electron chi connectivity index (χ1n) is 9.08. The minimum Gasteiger partial charge on any atom is -0.466 e. The highest BCUT2D eigenvalue weighted by atomic mass is 35.5. The molecule has 0 bridgehead atoms. The topological polar surface area (TPSA) is 56.5 Å². The van der Waals surface area contributed by atoms with E-state index in [-0.39, 0.29) is 24.2 Å². The smallest absolute Gasteiger partial charge is 0.435 e. The highest BCUT2D eigenvalue weighted by Crippen LogP contribution is 2.39. The third kappa shape index (κ3) is 4.87. The van der Waals surface area contributed by atoms with Gasteiger partial charge in [-0.3, -0.25) is 4.79 Å². The zero-order valence-electron chi connectivity index (χ0n) is 16.5. The van der Waals surface area contributed by atoms with Gasteiger partial charge in [0.1, 0.15) is 0 Å². The normalized spacial score (nSPS) is 11.2. The highest BCUT2D eigenvalue weighted by molar-refractivity contribution is 6.30. The lowest BCUT2D eigenvalue weighted by Crippen LogP contribution is -2.11. The molecule has 0 N–H and O–H groups in total. The second-order valence-corrected chi connectivity index (χ2v) is 6.25. The first-order chi connectivity index (χ1) is 13.7. The van der Waals surface area contributed by atoms with Crippen LogP contribution < -0.4 is 0 Å². The Morgan fingerprint density at radius 1 is 1.21 bits per heavy atom. The lowest BCUT2D eigenvalue weighted by atomic mass is 10.1. The van der Waals surface area contributed by atoms with Crippen molar-refractivity contribution in [2.24, 2.45) is 0 Å². The molecule has 2 aromatic heterocycles. The number of hydrogen-bond acceptors (Lipinski definition) is 4. The van der Waals surface area contributed by atoms with Crippen LogP contribution in [0.4, 0.5) is 13.2 Å². The molecule has 156 valence electrons. The van der Waals surface area contributed by atoms with Gasteiger partial charge >= 0.3 is 12.1 Å². The van der Waals surface area contributed by atoms with Gasteiger partial charge in [0, 0.05) is 22.5 Å². The largest absolute Gasteiger partial charge is 0.466 e. The van der Waals surface area contributed by atoms with Gasteiger partial charge in [-0.25, -0.2) is 9.50 Å². The number of alkyl halides is 3. The van der Waals surface area contributed by atoms with Crippen molar-refractivity contribution in [3.8, 4) is 11.1 Å². The van der Waals surface area contributed by atoms with Crippen molar-refractivity contribution in [1.82, 2.24) is 14.6 Å². The summed E-state index contributed by atoms with van der Waals surface area (Å²) in [5.74, 6) is -0.483. The molecule has 29 heavy (non-hydrogen) atoms. The minimum absolute atomic E-state index is 0.0507. The number of fused-ring (bicyclic) bond motifs is 1. The number of carbonyl (C=O) groups excluding carboxylic acids is 1. The molecule has 3 aromatic rings. The molecule has 0 aliphatic rings. The molecule has 0 atom stereocenters. The number of ether oxygens (including phenoxy) is 1. The van der Waals surface area contributed by atoms with Gasteiger partial charge in [0.25, 0.3) is 0 Å². The Kier molecular flexibility index (Phi) is 7.24. The fraction of sp³-hybridized carbons (Fsp3) is 0.350. The monoisotopic (exact) mass is 427 g/mol. The zero-order valence-corrected chi connectivity index (χ0v) is 17.2. The fourth-order valence-corrected chi connectivity index (χ4v) is 2.88. The van der Waals surface area contributed by atoms with Crippen LogP contribution in [0.5, 0.6) is 0 Å². The number of benzene rings is 1.